The van der Waals surface area contributed by atoms with Crippen molar-refractivity contribution in [3.63, 3.8) is 0 Å². The largest absolute Gasteiger partial charge is 0.382 e. The van der Waals surface area contributed by atoms with Crippen LogP contribution in [0, 0.1) is 5.92 Å². The summed E-state index contributed by atoms with van der Waals surface area (Å²) >= 11 is 1.42. The van der Waals surface area contributed by atoms with Crippen molar-refractivity contribution in [2.24, 2.45) is 5.92 Å². The molecule has 0 radical (unpaired) electrons. The van der Waals surface area contributed by atoms with Gasteiger partial charge < -0.3 is 15.5 Å². The molecule has 0 aromatic carbocycles. The Bertz CT molecular complexity index is 470. The van der Waals surface area contributed by atoms with Gasteiger partial charge in [-0.3, -0.25) is 4.79 Å². The Balaban J connectivity index is 2.14. The van der Waals surface area contributed by atoms with Crippen LogP contribution in [0.1, 0.15) is 43.3 Å². The Kier molecular flexibility index (Phi) is 4.86. The number of hydrogen-bond donors (Lipinski definition) is 1. The lowest BCUT2D eigenvalue weighted by molar-refractivity contribution is 0.0792. The van der Waals surface area contributed by atoms with E-state index in [-0.39, 0.29) is 5.91 Å². The zero-order valence-corrected chi connectivity index (χ0v) is 13.4. The fourth-order valence-electron chi connectivity index (χ4n) is 2.60. The molecule has 0 aliphatic carbocycles. The van der Waals surface area contributed by atoms with Gasteiger partial charge >= 0.3 is 0 Å². The molecule has 1 unspecified atom stereocenters. The van der Waals surface area contributed by atoms with Crippen molar-refractivity contribution >= 4 is 28.2 Å². The number of carbonyl (C=O) groups excluding carboxylic acids is 1. The molecule has 1 aliphatic heterocycles. The molecule has 0 saturated carbocycles. The summed E-state index contributed by atoms with van der Waals surface area (Å²) in [6.45, 7) is 9.78. The first-order chi connectivity index (χ1) is 9.60. The molecule has 1 aliphatic rings. The van der Waals surface area contributed by atoms with E-state index in [1.54, 1.807) is 0 Å². The summed E-state index contributed by atoms with van der Waals surface area (Å²) in [7, 11) is 0. The number of carbonyl (C=O) groups is 1. The summed E-state index contributed by atoms with van der Waals surface area (Å²) in [6.07, 6.45) is 2.23. The third kappa shape index (κ3) is 2.90. The molecule has 6 heteroatoms. The van der Waals surface area contributed by atoms with Crippen molar-refractivity contribution in [1.29, 1.82) is 0 Å². The Labute approximate surface area is 124 Å². The predicted octanol–water partition coefficient (Wildman–Crippen LogP) is 2.44. The summed E-state index contributed by atoms with van der Waals surface area (Å²) in [5, 5.41) is 0.849. The Morgan fingerprint density at radius 3 is 2.70 bits per heavy atom. The average Bonchev–Trinajstić information content (AvgIpc) is 3.06. The minimum atomic E-state index is 0.0503. The highest BCUT2D eigenvalue weighted by Crippen LogP contribution is 2.31. The topological polar surface area (TPSA) is 62.5 Å². The van der Waals surface area contributed by atoms with Crippen LogP contribution in [0.2, 0.25) is 0 Å². The molecule has 2 rings (SSSR count). The Hall–Kier alpha value is -1.30. The molecular formula is C14H24N4OS. The van der Waals surface area contributed by atoms with Crippen LogP contribution in [0.4, 0.5) is 10.9 Å². The second-order valence-electron chi connectivity index (χ2n) is 5.20. The number of likely N-dealkylation sites (tertiary alicyclic amines) is 1. The van der Waals surface area contributed by atoms with E-state index in [4.69, 9.17) is 5.73 Å². The monoisotopic (exact) mass is 296 g/mol. The highest BCUT2D eigenvalue weighted by molar-refractivity contribution is 7.18. The van der Waals surface area contributed by atoms with Gasteiger partial charge in [0.2, 0.25) is 0 Å². The molecule has 1 amide bonds. The van der Waals surface area contributed by atoms with Gasteiger partial charge in [-0.25, -0.2) is 4.98 Å². The van der Waals surface area contributed by atoms with Crippen LogP contribution in [-0.4, -0.2) is 42.0 Å². The van der Waals surface area contributed by atoms with Gasteiger partial charge in [0.25, 0.3) is 5.91 Å². The Morgan fingerprint density at radius 2 is 2.15 bits per heavy atom. The Morgan fingerprint density at radius 1 is 1.45 bits per heavy atom. The zero-order chi connectivity index (χ0) is 14.7. The van der Waals surface area contributed by atoms with E-state index in [1.165, 1.54) is 11.3 Å². The first kappa shape index (κ1) is 15.1. The van der Waals surface area contributed by atoms with E-state index in [2.05, 4.69) is 30.7 Å². The number of amides is 1. The van der Waals surface area contributed by atoms with Gasteiger partial charge in [0, 0.05) is 26.2 Å². The van der Waals surface area contributed by atoms with Crippen molar-refractivity contribution in [3.8, 4) is 0 Å². The molecule has 0 spiro atoms. The van der Waals surface area contributed by atoms with Crippen LogP contribution in [0.15, 0.2) is 0 Å². The van der Waals surface area contributed by atoms with Gasteiger partial charge in [-0.1, -0.05) is 24.7 Å². The van der Waals surface area contributed by atoms with Gasteiger partial charge in [-0.15, -0.1) is 0 Å². The van der Waals surface area contributed by atoms with E-state index >= 15 is 0 Å². The van der Waals surface area contributed by atoms with Crippen molar-refractivity contribution in [1.82, 2.24) is 9.88 Å². The maximum absolute atomic E-state index is 12.5. The zero-order valence-electron chi connectivity index (χ0n) is 12.6. The lowest BCUT2D eigenvalue weighted by Crippen LogP contribution is -2.28. The van der Waals surface area contributed by atoms with E-state index in [0.29, 0.717) is 16.6 Å². The number of rotatable bonds is 5. The number of nitrogen functional groups attached to an aromatic ring is 1. The van der Waals surface area contributed by atoms with Crippen molar-refractivity contribution < 1.29 is 4.79 Å². The normalized spacial score (nSPS) is 18.6. The van der Waals surface area contributed by atoms with Gasteiger partial charge in [-0.2, -0.15) is 0 Å². The van der Waals surface area contributed by atoms with Gasteiger partial charge in [0.15, 0.2) is 5.13 Å². The van der Waals surface area contributed by atoms with E-state index < -0.39 is 0 Å². The number of thiazole rings is 1. The van der Waals surface area contributed by atoms with Crippen LogP contribution >= 0.6 is 11.3 Å². The van der Waals surface area contributed by atoms with Gasteiger partial charge in [0.05, 0.1) is 0 Å². The fraction of sp³-hybridized carbons (Fsp3) is 0.714. The summed E-state index contributed by atoms with van der Waals surface area (Å²) in [5.41, 5.74) is 5.95. The fourth-order valence-corrected chi connectivity index (χ4v) is 3.68. The quantitative estimate of drug-likeness (QED) is 0.906. The van der Waals surface area contributed by atoms with Gasteiger partial charge in [-0.05, 0) is 26.2 Å². The molecular weight excluding hydrogens is 272 g/mol. The highest BCUT2D eigenvalue weighted by Gasteiger charge is 2.29. The van der Waals surface area contributed by atoms with Crippen LogP contribution in [-0.2, 0) is 0 Å². The number of hydrogen-bond acceptors (Lipinski definition) is 5. The highest BCUT2D eigenvalue weighted by atomic mass is 32.1. The predicted molar refractivity (Wildman–Crippen MR) is 84.4 cm³/mol. The minimum Gasteiger partial charge on any atom is -0.382 e. The number of anilines is 2. The van der Waals surface area contributed by atoms with Gasteiger partial charge in [0.1, 0.15) is 10.7 Å². The smallest absolute Gasteiger partial charge is 0.267 e. The molecule has 2 heterocycles. The lowest BCUT2D eigenvalue weighted by atomic mass is 10.1. The number of nitrogens with two attached hydrogens (primary N) is 1. The first-order valence-electron chi connectivity index (χ1n) is 7.41. The average molecular weight is 296 g/mol. The summed E-state index contributed by atoms with van der Waals surface area (Å²) in [4.78, 5) is 21.5. The summed E-state index contributed by atoms with van der Waals surface area (Å²) < 4.78 is 0. The van der Waals surface area contributed by atoms with Crippen molar-refractivity contribution in [2.45, 2.75) is 33.6 Å². The van der Waals surface area contributed by atoms with Crippen molar-refractivity contribution in [3.05, 3.63) is 4.88 Å². The molecule has 1 aromatic heterocycles. The minimum absolute atomic E-state index is 0.0503. The number of nitrogens with zero attached hydrogens (tertiary/aromatic N) is 3. The standard InChI is InChI=1S/C14H24N4OS/c1-4-10-7-8-18(9-10)13(19)11-12(15)16-14(20-11)17(5-2)6-3/h10H,4-9,15H2,1-3H3. The third-order valence-electron chi connectivity index (χ3n) is 4.02. The van der Waals surface area contributed by atoms with E-state index in [1.807, 2.05) is 4.90 Å². The van der Waals surface area contributed by atoms with E-state index in [0.717, 1.165) is 44.2 Å². The van der Waals surface area contributed by atoms with Crippen LogP contribution in [0.25, 0.3) is 0 Å². The van der Waals surface area contributed by atoms with Crippen LogP contribution in [0.3, 0.4) is 0 Å². The SMILES string of the molecule is CCC1CCN(C(=O)c2sc(N(CC)CC)nc2N)C1. The maximum atomic E-state index is 12.5. The number of aromatic nitrogens is 1. The molecule has 5 nitrogen and oxygen atoms in total. The van der Waals surface area contributed by atoms with E-state index in [9.17, 15) is 4.79 Å². The molecule has 1 saturated heterocycles. The van der Waals surface area contributed by atoms with Crippen LogP contribution < -0.4 is 10.6 Å². The van der Waals surface area contributed by atoms with Crippen LogP contribution in [0.5, 0.6) is 0 Å². The van der Waals surface area contributed by atoms with Crippen molar-refractivity contribution in [2.75, 3.05) is 36.8 Å². The molecule has 1 aromatic rings. The molecule has 20 heavy (non-hydrogen) atoms. The second-order valence-corrected chi connectivity index (χ2v) is 6.17. The second kappa shape index (κ2) is 6.43. The first-order valence-corrected chi connectivity index (χ1v) is 8.22. The lowest BCUT2D eigenvalue weighted by Gasteiger charge is -2.16. The maximum Gasteiger partial charge on any atom is 0.267 e. The molecule has 1 atom stereocenters. The molecule has 112 valence electrons. The summed E-state index contributed by atoms with van der Waals surface area (Å²) in [5.74, 6) is 1.06. The molecule has 0 bridgehead atoms. The molecule has 2 N–H and O–H groups in total. The molecule has 1 fully saturated rings. The summed E-state index contributed by atoms with van der Waals surface area (Å²) in [6, 6.07) is 0. The third-order valence-corrected chi connectivity index (χ3v) is 5.14.